The molecule has 104 valence electrons. The minimum Gasteiger partial charge on any atom is -0.507 e. The molecule has 1 atom stereocenters. The highest BCUT2D eigenvalue weighted by atomic mass is 35.5. The summed E-state index contributed by atoms with van der Waals surface area (Å²) in [4.78, 5) is 14.1. The number of phenols is 1. The molecule has 1 amide bonds. The Morgan fingerprint density at radius 1 is 1.47 bits per heavy atom. The maximum absolute atomic E-state index is 13.2. The van der Waals surface area contributed by atoms with Gasteiger partial charge in [0.05, 0.1) is 5.56 Å². The Balaban J connectivity index is 2.23. The van der Waals surface area contributed by atoms with Gasteiger partial charge in [0.1, 0.15) is 11.6 Å². The van der Waals surface area contributed by atoms with Crippen LogP contribution in [0.2, 0.25) is 0 Å². The molecule has 3 nitrogen and oxygen atoms in total. The lowest BCUT2D eigenvalue weighted by atomic mass is 9.98. The molecular weight excluding hydrogens is 269 g/mol. The third kappa shape index (κ3) is 3.18. The minimum absolute atomic E-state index is 0.0291. The standard InChI is InChI=1S/C14H17ClFNO2/c15-7-6-11-3-1-2-8-17(11)14(19)12-9-10(16)4-5-13(12)18/h4-5,9,11,18H,1-3,6-8H2. The third-order valence-corrected chi connectivity index (χ3v) is 3.74. The molecule has 1 heterocycles. The van der Waals surface area contributed by atoms with Gasteiger partial charge in [0, 0.05) is 18.5 Å². The first-order valence-electron chi connectivity index (χ1n) is 6.49. The average molecular weight is 286 g/mol. The average Bonchev–Trinajstić information content (AvgIpc) is 2.42. The number of hydrogen-bond donors (Lipinski definition) is 1. The molecule has 2 rings (SSSR count). The number of carbonyl (C=O) groups is 1. The summed E-state index contributed by atoms with van der Waals surface area (Å²) in [6.07, 6.45) is 3.64. The first-order valence-corrected chi connectivity index (χ1v) is 7.02. The topological polar surface area (TPSA) is 40.5 Å². The van der Waals surface area contributed by atoms with Crippen molar-refractivity contribution in [3.8, 4) is 5.75 Å². The Morgan fingerprint density at radius 2 is 2.26 bits per heavy atom. The molecule has 0 radical (unpaired) electrons. The van der Waals surface area contributed by atoms with Gasteiger partial charge in [0.15, 0.2) is 0 Å². The number of hydrogen-bond acceptors (Lipinski definition) is 2. The highest BCUT2D eigenvalue weighted by molar-refractivity contribution is 6.17. The second-order valence-corrected chi connectivity index (χ2v) is 5.17. The summed E-state index contributed by atoms with van der Waals surface area (Å²) in [6.45, 7) is 0.635. The minimum atomic E-state index is -0.521. The number of benzene rings is 1. The zero-order chi connectivity index (χ0) is 13.8. The number of aromatic hydroxyl groups is 1. The lowest BCUT2D eigenvalue weighted by molar-refractivity contribution is 0.0605. The molecule has 0 aliphatic carbocycles. The molecule has 1 aliphatic rings. The lowest BCUT2D eigenvalue weighted by Gasteiger charge is -2.35. The number of amides is 1. The third-order valence-electron chi connectivity index (χ3n) is 3.52. The van der Waals surface area contributed by atoms with Crippen LogP contribution >= 0.6 is 11.6 Å². The fourth-order valence-corrected chi connectivity index (χ4v) is 2.78. The lowest BCUT2D eigenvalue weighted by Crippen LogP contribution is -2.44. The van der Waals surface area contributed by atoms with E-state index in [1.807, 2.05) is 0 Å². The van der Waals surface area contributed by atoms with Crippen LogP contribution in [0.5, 0.6) is 5.75 Å². The molecule has 0 saturated carbocycles. The van der Waals surface area contributed by atoms with E-state index in [1.54, 1.807) is 4.90 Å². The van der Waals surface area contributed by atoms with E-state index >= 15 is 0 Å². The zero-order valence-electron chi connectivity index (χ0n) is 10.6. The predicted octanol–water partition coefficient (Wildman–Crippen LogP) is 3.15. The van der Waals surface area contributed by atoms with Crippen LogP contribution in [0.3, 0.4) is 0 Å². The Bertz CT molecular complexity index is 465. The van der Waals surface area contributed by atoms with E-state index < -0.39 is 5.82 Å². The Morgan fingerprint density at radius 3 is 3.00 bits per heavy atom. The van der Waals surface area contributed by atoms with Gasteiger partial charge in [-0.15, -0.1) is 11.6 Å². The van der Waals surface area contributed by atoms with Gasteiger partial charge < -0.3 is 10.0 Å². The van der Waals surface area contributed by atoms with Crippen LogP contribution in [0.15, 0.2) is 18.2 Å². The molecule has 0 spiro atoms. The molecule has 5 heteroatoms. The molecule has 0 bridgehead atoms. The van der Waals surface area contributed by atoms with Gasteiger partial charge in [-0.05, 0) is 43.9 Å². The van der Waals surface area contributed by atoms with Gasteiger partial charge >= 0.3 is 0 Å². The molecule has 1 N–H and O–H groups in total. The van der Waals surface area contributed by atoms with Crippen molar-refractivity contribution in [2.24, 2.45) is 0 Å². The summed E-state index contributed by atoms with van der Waals surface area (Å²) in [7, 11) is 0. The van der Waals surface area contributed by atoms with Gasteiger partial charge in [0.2, 0.25) is 0 Å². The van der Waals surface area contributed by atoms with Gasteiger partial charge in [-0.1, -0.05) is 0 Å². The van der Waals surface area contributed by atoms with Gasteiger partial charge in [0.25, 0.3) is 5.91 Å². The highest BCUT2D eigenvalue weighted by Gasteiger charge is 2.28. The van der Waals surface area contributed by atoms with E-state index in [1.165, 1.54) is 6.07 Å². The van der Waals surface area contributed by atoms with Gasteiger partial charge in [-0.3, -0.25) is 4.79 Å². The molecular formula is C14H17ClFNO2. The number of likely N-dealkylation sites (tertiary alicyclic amines) is 1. The normalized spacial score (nSPS) is 19.5. The SMILES string of the molecule is O=C(c1cc(F)ccc1O)N1CCCCC1CCCl. The highest BCUT2D eigenvalue weighted by Crippen LogP contribution is 2.26. The molecule has 19 heavy (non-hydrogen) atoms. The monoisotopic (exact) mass is 285 g/mol. The summed E-state index contributed by atoms with van der Waals surface area (Å²) in [5.41, 5.74) is 0.0291. The molecule has 1 aliphatic heterocycles. The maximum atomic E-state index is 13.2. The van der Waals surface area contributed by atoms with E-state index in [4.69, 9.17) is 11.6 Å². The smallest absolute Gasteiger partial charge is 0.257 e. The second kappa shape index (κ2) is 6.24. The van der Waals surface area contributed by atoms with Crippen molar-refractivity contribution >= 4 is 17.5 Å². The number of phenolic OH excluding ortho intramolecular Hbond substituents is 1. The maximum Gasteiger partial charge on any atom is 0.257 e. The van der Waals surface area contributed by atoms with Crippen molar-refractivity contribution in [1.82, 2.24) is 4.90 Å². The van der Waals surface area contributed by atoms with E-state index in [0.29, 0.717) is 12.4 Å². The largest absolute Gasteiger partial charge is 0.507 e. The number of alkyl halides is 1. The number of nitrogens with zero attached hydrogens (tertiary/aromatic N) is 1. The fourth-order valence-electron chi connectivity index (χ4n) is 2.53. The van der Waals surface area contributed by atoms with Crippen LogP contribution in [0, 0.1) is 5.82 Å². The van der Waals surface area contributed by atoms with E-state index in [-0.39, 0.29) is 23.3 Å². The number of rotatable bonds is 3. The Hall–Kier alpha value is -1.29. The quantitative estimate of drug-likeness (QED) is 0.867. The van der Waals surface area contributed by atoms with E-state index in [0.717, 1.165) is 37.8 Å². The van der Waals surface area contributed by atoms with Crippen molar-refractivity contribution in [3.05, 3.63) is 29.6 Å². The second-order valence-electron chi connectivity index (χ2n) is 4.79. The summed E-state index contributed by atoms with van der Waals surface area (Å²) in [5.74, 6) is -0.524. The van der Waals surface area contributed by atoms with Crippen molar-refractivity contribution in [1.29, 1.82) is 0 Å². The molecule has 1 unspecified atom stereocenters. The van der Waals surface area contributed by atoms with E-state index in [9.17, 15) is 14.3 Å². The van der Waals surface area contributed by atoms with Crippen LogP contribution in [0.4, 0.5) is 4.39 Å². The van der Waals surface area contributed by atoms with E-state index in [2.05, 4.69) is 0 Å². The van der Waals surface area contributed by atoms with Crippen molar-refractivity contribution in [3.63, 3.8) is 0 Å². The summed E-state index contributed by atoms with van der Waals surface area (Å²) < 4.78 is 13.2. The van der Waals surface area contributed by atoms with Crippen LogP contribution in [-0.2, 0) is 0 Å². The number of halogens is 2. The summed E-state index contributed by atoms with van der Waals surface area (Å²) >= 11 is 5.76. The Labute approximate surface area is 117 Å². The first-order chi connectivity index (χ1) is 9.13. The predicted molar refractivity (Wildman–Crippen MR) is 72.1 cm³/mol. The zero-order valence-corrected chi connectivity index (χ0v) is 11.4. The van der Waals surface area contributed by atoms with Gasteiger partial charge in [-0.25, -0.2) is 4.39 Å². The van der Waals surface area contributed by atoms with Crippen LogP contribution in [0.1, 0.15) is 36.0 Å². The molecule has 1 aromatic rings. The molecule has 0 aromatic heterocycles. The van der Waals surface area contributed by atoms with Crippen LogP contribution in [0.25, 0.3) is 0 Å². The van der Waals surface area contributed by atoms with Gasteiger partial charge in [-0.2, -0.15) is 0 Å². The van der Waals surface area contributed by atoms with Crippen LogP contribution < -0.4 is 0 Å². The number of carbonyl (C=O) groups excluding carboxylic acids is 1. The fraction of sp³-hybridized carbons (Fsp3) is 0.500. The van der Waals surface area contributed by atoms with Crippen molar-refractivity contribution in [2.75, 3.05) is 12.4 Å². The van der Waals surface area contributed by atoms with Crippen molar-refractivity contribution < 1.29 is 14.3 Å². The molecule has 1 fully saturated rings. The molecule has 1 aromatic carbocycles. The number of piperidine rings is 1. The Kier molecular flexibility index (Phi) is 4.64. The first kappa shape index (κ1) is 14.1. The summed E-state index contributed by atoms with van der Waals surface area (Å²) in [5, 5.41) is 9.71. The van der Waals surface area contributed by atoms with Crippen molar-refractivity contribution in [2.45, 2.75) is 31.7 Å². The molecule has 1 saturated heterocycles. The summed E-state index contributed by atoms with van der Waals surface area (Å²) in [6, 6.07) is 3.52. The van der Waals surface area contributed by atoms with Crippen LogP contribution in [-0.4, -0.2) is 34.4 Å².